The summed E-state index contributed by atoms with van der Waals surface area (Å²) in [6.07, 6.45) is 9.23. The molecular formula is C20H24O4. The van der Waals surface area contributed by atoms with Gasteiger partial charge in [0.15, 0.2) is 0 Å². The first kappa shape index (κ1) is 15.8. The number of ketones is 2. The Hall–Kier alpha value is -1.71. The molecule has 24 heavy (non-hydrogen) atoms. The van der Waals surface area contributed by atoms with Gasteiger partial charge < -0.3 is 4.74 Å². The second kappa shape index (κ2) is 5.40. The molecule has 3 saturated carbocycles. The minimum atomic E-state index is -0.372. The molecular weight excluding hydrogens is 304 g/mol. The fraction of sp³-hybridized carbons (Fsp3) is 0.650. The highest BCUT2D eigenvalue weighted by Gasteiger charge is 2.56. The lowest BCUT2D eigenvalue weighted by atomic mass is 9.54. The number of ether oxygens (including phenoxy) is 1. The van der Waals surface area contributed by atoms with E-state index < -0.39 is 0 Å². The summed E-state index contributed by atoms with van der Waals surface area (Å²) in [5, 5.41) is 0. The van der Waals surface area contributed by atoms with Crippen molar-refractivity contribution in [2.24, 2.45) is 23.2 Å². The van der Waals surface area contributed by atoms with Crippen LogP contribution in [0.4, 0.5) is 0 Å². The molecule has 3 fully saturated rings. The molecule has 0 radical (unpaired) electrons. The molecule has 4 nitrogen and oxygen atoms in total. The number of esters is 1. The molecule has 0 saturated heterocycles. The third-order valence-corrected chi connectivity index (χ3v) is 7.01. The van der Waals surface area contributed by atoms with E-state index in [0.717, 1.165) is 49.7 Å². The molecule has 0 aromatic carbocycles. The van der Waals surface area contributed by atoms with Crippen molar-refractivity contribution >= 4 is 17.5 Å². The van der Waals surface area contributed by atoms with Crippen LogP contribution < -0.4 is 0 Å². The zero-order chi connectivity index (χ0) is 17.1. The van der Waals surface area contributed by atoms with E-state index in [1.807, 2.05) is 0 Å². The van der Waals surface area contributed by atoms with Gasteiger partial charge in [-0.15, -0.1) is 0 Å². The Morgan fingerprint density at radius 2 is 1.88 bits per heavy atom. The van der Waals surface area contributed by atoms with Crippen LogP contribution in [0.2, 0.25) is 0 Å². The third kappa shape index (κ3) is 2.22. The van der Waals surface area contributed by atoms with Gasteiger partial charge in [-0.25, -0.2) is 0 Å². The summed E-state index contributed by atoms with van der Waals surface area (Å²) < 4.78 is 5.64. The normalized spacial score (nSPS) is 40.9. The largest absolute Gasteiger partial charge is 0.462 e. The minimum Gasteiger partial charge on any atom is -0.462 e. The molecule has 0 aromatic rings. The van der Waals surface area contributed by atoms with E-state index in [9.17, 15) is 14.4 Å². The molecule has 128 valence electrons. The Bertz CT molecular complexity index is 686. The van der Waals surface area contributed by atoms with Gasteiger partial charge in [-0.3, -0.25) is 14.4 Å². The lowest BCUT2D eigenvalue weighted by molar-refractivity contribution is -0.155. The van der Waals surface area contributed by atoms with Gasteiger partial charge >= 0.3 is 5.97 Å². The molecule has 4 aliphatic carbocycles. The van der Waals surface area contributed by atoms with E-state index in [1.165, 1.54) is 6.92 Å². The Labute approximate surface area is 142 Å². The summed E-state index contributed by atoms with van der Waals surface area (Å²) in [5.74, 6) is 0.535. The van der Waals surface area contributed by atoms with Crippen LogP contribution in [0, 0.1) is 23.2 Å². The van der Waals surface area contributed by atoms with Crippen molar-refractivity contribution in [1.82, 2.24) is 0 Å². The van der Waals surface area contributed by atoms with Gasteiger partial charge in [-0.2, -0.15) is 0 Å². The van der Waals surface area contributed by atoms with Gasteiger partial charge in [0, 0.05) is 12.3 Å². The molecule has 4 aliphatic rings. The lowest BCUT2D eigenvalue weighted by Gasteiger charge is -2.51. The lowest BCUT2D eigenvalue weighted by Crippen LogP contribution is -2.46. The molecule has 0 aromatic heterocycles. The highest BCUT2D eigenvalue weighted by atomic mass is 16.5. The number of hydrogen-bond donors (Lipinski definition) is 0. The summed E-state index contributed by atoms with van der Waals surface area (Å²) in [6.45, 7) is 3.78. The van der Waals surface area contributed by atoms with Crippen LogP contribution in [0.15, 0.2) is 23.3 Å². The monoisotopic (exact) mass is 328 g/mol. The summed E-state index contributed by atoms with van der Waals surface area (Å²) in [7, 11) is 0. The summed E-state index contributed by atoms with van der Waals surface area (Å²) in [6, 6.07) is 0. The molecule has 4 rings (SSSR count). The molecule has 5 unspecified atom stereocenters. The molecule has 0 amide bonds. The number of carbonyl (C=O) groups excluding carboxylic acids is 3. The van der Waals surface area contributed by atoms with E-state index in [-0.39, 0.29) is 29.1 Å². The average molecular weight is 328 g/mol. The van der Waals surface area contributed by atoms with E-state index >= 15 is 0 Å². The Morgan fingerprint density at radius 3 is 2.62 bits per heavy atom. The SMILES string of the molecule is CC(=O)OC1CCC2C3CCC4=CC(=O)C(=O)C=C4C3CCC12C. The number of rotatable bonds is 1. The maximum Gasteiger partial charge on any atom is 0.302 e. The molecule has 0 heterocycles. The standard InChI is InChI=1S/C20H24O4/c1-11(21)24-19-6-5-16-14-4-3-12-9-17(22)18(23)10-15(12)13(14)7-8-20(16,19)2/h9-10,13-14,16,19H,3-8H2,1-2H3. The minimum absolute atomic E-state index is 0.0291. The first-order chi connectivity index (χ1) is 11.4. The topological polar surface area (TPSA) is 60.4 Å². The van der Waals surface area contributed by atoms with Crippen LogP contribution in [0.3, 0.4) is 0 Å². The molecule has 0 N–H and O–H groups in total. The van der Waals surface area contributed by atoms with Gasteiger partial charge in [0.05, 0.1) is 0 Å². The maximum absolute atomic E-state index is 11.9. The van der Waals surface area contributed by atoms with E-state index in [0.29, 0.717) is 17.8 Å². The maximum atomic E-state index is 11.9. The van der Waals surface area contributed by atoms with Crippen LogP contribution in [-0.4, -0.2) is 23.6 Å². The van der Waals surface area contributed by atoms with Gasteiger partial charge in [0.25, 0.3) is 0 Å². The molecule has 0 spiro atoms. The molecule has 4 heteroatoms. The van der Waals surface area contributed by atoms with E-state index in [1.54, 1.807) is 12.2 Å². The van der Waals surface area contributed by atoms with Crippen LogP contribution in [0.1, 0.15) is 52.4 Å². The second-order valence-electron chi connectivity index (χ2n) is 8.13. The fourth-order valence-corrected chi connectivity index (χ4v) is 5.92. The summed E-state index contributed by atoms with van der Waals surface area (Å²) in [4.78, 5) is 35.0. The third-order valence-electron chi connectivity index (χ3n) is 7.01. The van der Waals surface area contributed by atoms with Crippen molar-refractivity contribution in [3.05, 3.63) is 23.3 Å². The van der Waals surface area contributed by atoms with Gasteiger partial charge in [-0.05, 0) is 79.6 Å². The van der Waals surface area contributed by atoms with Crippen molar-refractivity contribution in [3.8, 4) is 0 Å². The Kier molecular flexibility index (Phi) is 3.55. The van der Waals surface area contributed by atoms with Gasteiger partial charge in [0.1, 0.15) is 6.10 Å². The van der Waals surface area contributed by atoms with Crippen molar-refractivity contribution in [2.45, 2.75) is 58.5 Å². The van der Waals surface area contributed by atoms with Crippen LogP contribution >= 0.6 is 0 Å². The smallest absolute Gasteiger partial charge is 0.302 e. The van der Waals surface area contributed by atoms with Crippen molar-refractivity contribution in [3.63, 3.8) is 0 Å². The van der Waals surface area contributed by atoms with Crippen LogP contribution in [0.5, 0.6) is 0 Å². The fourth-order valence-electron chi connectivity index (χ4n) is 5.92. The molecule has 0 bridgehead atoms. The molecule has 5 atom stereocenters. The number of fused-ring (bicyclic) bond motifs is 5. The van der Waals surface area contributed by atoms with Crippen molar-refractivity contribution < 1.29 is 19.1 Å². The number of allylic oxidation sites excluding steroid dienone is 4. The highest BCUT2D eigenvalue weighted by molar-refractivity contribution is 6.46. The van der Waals surface area contributed by atoms with Gasteiger partial charge in [0.2, 0.25) is 11.6 Å². The average Bonchev–Trinajstić information content (AvgIpc) is 2.85. The quantitative estimate of drug-likeness (QED) is 0.421. The van der Waals surface area contributed by atoms with Crippen molar-refractivity contribution in [1.29, 1.82) is 0 Å². The van der Waals surface area contributed by atoms with E-state index in [4.69, 9.17) is 4.74 Å². The summed E-state index contributed by atoms with van der Waals surface area (Å²) in [5.41, 5.74) is 2.26. The van der Waals surface area contributed by atoms with E-state index in [2.05, 4.69) is 6.92 Å². The first-order valence-corrected chi connectivity index (χ1v) is 9.08. The van der Waals surface area contributed by atoms with Crippen molar-refractivity contribution in [2.75, 3.05) is 0 Å². The number of carbonyl (C=O) groups is 3. The van der Waals surface area contributed by atoms with Crippen LogP contribution in [-0.2, 0) is 19.1 Å². The zero-order valence-corrected chi connectivity index (χ0v) is 14.3. The summed E-state index contributed by atoms with van der Waals surface area (Å²) >= 11 is 0. The predicted molar refractivity (Wildman–Crippen MR) is 88.0 cm³/mol. The number of hydrogen-bond acceptors (Lipinski definition) is 4. The molecule has 0 aliphatic heterocycles. The van der Waals surface area contributed by atoms with Gasteiger partial charge in [-0.1, -0.05) is 6.92 Å². The van der Waals surface area contributed by atoms with Crippen LogP contribution in [0.25, 0.3) is 0 Å². The highest BCUT2D eigenvalue weighted by Crippen LogP contribution is 2.61. The Morgan fingerprint density at radius 1 is 1.12 bits per heavy atom. The predicted octanol–water partition coefficient (Wildman–Crippen LogP) is 3.16. The first-order valence-electron chi connectivity index (χ1n) is 9.08. The Balaban J connectivity index is 1.62. The second-order valence-corrected chi connectivity index (χ2v) is 8.13. The zero-order valence-electron chi connectivity index (χ0n) is 14.3.